The molecule has 0 aliphatic heterocycles. The molecule has 0 aliphatic rings. The molecule has 11 aromatic carbocycles. The number of hydrogen-bond acceptors (Lipinski definition) is 5. The summed E-state index contributed by atoms with van der Waals surface area (Å²) in [7, 11) is 0. The number of hydrogen-bond donors (Lipinski definition) is 0. The lowest BCUT2D eigenvalue weighted by Gasteiger charge is -2.28. The molecular formula is C66H45N3OS. The van der Waals surface area contributed by atoms with E-state index >= 15 is 0 Å². The van der Waals surface area contributed by atoms with Gasteiger partial charge in [-0.3, -0.25) is 0 Å². The van der Waals surface area contributed by atoms with Crippen molar-refractivity contribution < 1.29 is 4.42 Å². The first kappa shape index (κ1) is 42.0. The van der Waals surface area contributed by atoms with E-state index in [-0.39, 0.29) is 0 Å². The van der Waals surface area contributed by atoms with Crippen molar-refractivity contribution in [3.63, 3.8) is 0 Å². The van der Waals surface area contributed by atoms with E-state index in [9.17, 15) is 0 Å². The quantitative estimate of drug-likeness (QED) is 0.129. The lowest BCUT2D eigenvalue weighted by atomic mass is 10.0. The van der Waals surface area contributed by atoms with Gasteiger partial charge in [0.1, 0.15) is 11.2 Å². The lowest BCUT2D eigenvalue weighted by molar-refractivity contribution is 0.670. The van der Waals surface area contributed by atoms with E-state index in [1.165, 1.54) is 31.3 Å². The monoisotopic (exact) mass is 927 g/mol. The molecule has 0 N–H and O–H groups in total. The molecule has 13 rings (SSSR count). The molecule has 0 aliphatic carbocycles. The number of nitrogens with zero attached hydrogens (tertiary/aromatic N) is 3. The normalized spacial score (nSPS) is 11.4. The molecule has 0 atom stereocenters. The summed E-state index contributed by atoms with van der Waals surface area (Å²) in [5.74, 6) is 0. The number of thiophene rings is 1. The van der Waals surface area contributed by atoms with Gasteiger partial charge in [0.15, 0.2) is 0 Å². The first-order valence-corrected chi connectivity index (χ1v) is 24.8. The Morgan fingerprint density at radius 2 is 0.732 bits per heavy atom. The van der Waals surface area contributed by atoms with E-state index in [1.54, 1.807) is 0 Å². The maximum atomic E-state index is 7.07. The van der Waals surface area contributed by atoms with Crippen LogP contribution < -0.4 is 14.7 Å². The number of para-hydroxylation sites is 4. The van der Waals surface area contributed by atoms with E-state index in [0.717, 1.165) is 84.3 Å². The van der Waals surface area contributed by atoms with Crippen molar-refractivity contribution >= 4 is 105 Å². The predicted molar refractivity (Wildman–Crippen MR) is 302 cm³/mol. The highest BCUT2D eigenvalue weighted by Crippen LogP contribution is 2.47. The smallest absolute Gasteiger partial charge is 0.143 e. The number of benzene rings is 11. The van der Waals surface area contributed by atoms with Gasteiger partial charge in [-0.05, 0) is 126 Å². The topological polar surface area (TPSA) is 22.9 Å². The van der Waals surface area contributed by atoms with Gasteiger partial charge in [0.2, 0.25) is 0 Å². The molecule has 0 saturated carbocycles. The molecule has 0 unspecified atom stereocenters. The summed E-state index contributed by atoms with van der Waals surface area (Å²) in [4.78, 5) is 7.01. The van der Waals surface area contributed by atoms with Crippen molar-refractivity contribution in [1.29, 1.82) is 0 Å². The highest BCUT2D eigenvalue weighted by Gasteiger charge is 2.22. The molecule has 13 aromatic rings. The van der Waals surface area contributed by atoms with E-state index in [1.807, 2.05) is 11.3 Å². The summed E-state index contributed by atoms with van der Waals surface area (Å²) in [6.45, 7) is 0. The summed E-state index contributed by atoms with van der Waals surface area (Å²) in [6, 6.07) is 97.4. The summed E-state index contributed by atoms with van der Waals surface area (Å²) in [5.41, 5.74) is 15.9. The standard InChI is InChI=1S/C66H45N3OS/c1-5-18-46(19-6-1)47-34-36-52(37-35-47)68(51-25-11-4-12-26-51)55-27-15-20-48(44-55)57-29-16-30-60-58-43-42-56(45-63(58)70-65(57)60)69(62-32-17-31-61-59-28-13-14-33-64(59)71-66(61)62)54-40-38-53(39-41-54)67(49-21-7-2-8-22-49)50-23-9-3-10-24-50/h1-45H. The van der Waals surface area contributed by atoms with Crippen LogP contribution in [0.2, 0.25) is 0 Å². The van der Waals surface area contributed by atoms with Crippen LogP contribution in [-0.4, -0.2) is 0 Å². The zero-order valence-corrected chi connectivity index (χ0v) is 39.5. The average molecular weight is 928 g/mol. The molecule has 71 heavy (non-hydrogen) atoms. The summed E-state index contributed by atoms with van der Waals surface area (Å²) in [5, 5.41) is 4.66. The van der Waals surface area contributed by atoms with E-state index in [2.05, 4.69) is 288 Å². The Balaban J connectivity index is 0.919. The number of anilines is 9. The van der Waals surface area contributed by atoms with Crippen molar-refractivity contribution in [3.8, 4) is 22.3 Å². The van der Waals surface area contributed by atoms with E-state index < -0.39 is 0 Å². The molecule has 0 bridgehead atoms. The van der Waals surface area contributed by atoms with Crippen LogP contribution in [0.5, 0.6) is 0 Å². The molecule has 0 radical (unpaired) electrons. The summed E-state index contributed by atoms with van der Waals surface area (Å²) in [6.07, 6.45) is 0. The fraction of sp³-hybridized carbons (Fsp3) is 0. The van der Waals surface area contributed by atoms with Crippen LogP contribution in [0, 0.1) is 0 Å². The summed E-state index contributed by atoms with van der Waals surface area (Å²) < 4.78 is 9.57. The Morgan fingerprint density at radius 1 is 0.282 bits per heavy atom. The molecule has 0 saturated heterocycles. The zero-order valence-electron chi connectivity index (χ0n) is 38.6. The van der Waals surface area contributed by atoms with Gasteiger partial charge in [-0.2, -0.15) is 0 Å². The molecular weight excluding hydrogens is 883 g/mol. The highest BCUT2D eigenvalue weighted by atomic mass is 32.1. The van der Waals surface area contributed by atoms with Crippen molar-refractivity contribution in [3.05, 3.63) is 273 Å². The molecule has 2 heterocycles. The first-order chi connectivity index (χ1) is 35.2. The van der Waals surface area contributed by atoms with Gasteiger partial charge < -0.3 is 19.1 Å². The third-order valence-corrected chi connectivity index (χ3v) is 14.6. The second kappa shape index (κ2) is 18.1. The lowest BCUT2D eigenvalue weighted by Crippen LogP contribution is -2.12. The molecule has 0 fully saturated rings. The molecule has 4 nitrogen and oxygen atoms in total. The van der Waals surface area contributed by atoms with Crippen LogP contribution >= 0.6 is 11.3 Å². The predicted octanol–water partition coefficient (Wildman–Crippen LogP) is 19.7. The highest BCUT2D eigenvalue weighted by molar-refractivity contribution is 7.26. The van der Waals surface area contributed by atoms with Crippen molar-refractivity contribution in [2.24, 2.45) is 0 Å². The summed E-state index contributed by atoms with van der Waals surface area (Å²) >= 11 is 1.84. The van der Waals surface area contributed by atoms with Gasteiger partial charge in [0.05, 0.1) is 10.4 Å². The van der Waals surface area contributed by atoms with Gasteiger partial charge in [0, 0.05) is 83.4 Å². The van der Waals surface area contributed by atoms with Gasteiger partial charge >= 0.3 is 0 Å². The minimum absolute atomic E-state index is 0.829. The molecule has 336 valence electrons. The van der Waals surface area contributed by atoms with Gasteiger partial charge in [0.25, 0.3) is 0 Å². The Hall–Kier alpha value is -9.16. The van der Waals surface area contributed by atoms with Crippen LogP contribution in [0.15, 0.2) is 277 Å². The molecule has 0 amide bonds. The molecule has 5 heteroatoms. The number of furan rings is 1. The minimum Gasteiger partial charge on any atom is -0.455 e. The fourth-order valence-electron chi connectivity index (χ4n) is 10.1. The van der Waals surface area contributed by atoms with E-state index in [4.69, 9.17) is 4.42 Å². The average Bonchev–Trinajstić information content (AvgIpc) is 4.02. The van der Waals surface area contributed by atoms with Crippen LogP contribution in [0.4, 0.5) is 51.2 Å². The van der Waals surface area contributed by atoms with Crippen LogP contribution in [-0.2, 0) is 0 Å². The molecule has 2 aromatic heterocycles. The maximum Gasteiger partial charge on any atom is 0.143 e. The first-order valence-electron chi connectivity index (χ1n) is 24.0. The van der Waals surface area contributed by atoms with Crippen LogP contribution in [0.3, 0.4) is 0 Å². The van der Waals surface area contributed by atoms with Crippen molar-refractivity contribution in [1.82, 2.24) is 0 Å². The van der Waals surface area contributed by atoms with Gasteiger partial charge in [-0.25, -0.2) is 0 Å². The van der Waals surface area contributed by atoms with E-state index in [0.29, 0.717) is 0 Å². The van der Waals surface area contributed by atoms with Gasteiger partial charge in [-0.1, -0.05) is 158 Å². The van der Waals surface area contributed by atoms with Gasteiger partial charge in [-0.15, -0.1) is 11.3 Å². The van der Waals surface area contributed by atoms with Crippen LogP contribution in [0.1, 0.15) is 0 Å². The fourth-order valence-corrected chi connectivity index (χ4v) is 11.3. The molecule has 0 spiro atoms. The third kappa shape index (κ3) is 7.75. The Morgan fingerprint density at radius 3 is 1.41 bits per heavy atom. The van der Waals surface area contributed by atoms with Crippen molar-refractivity contribution in [2.45, 2.75) is 0 Å². The Labute approximate surface area is 416 Å². The zero-order chi connectivity index (χ0) is 47.1. The number of fused-ring (bicyclic) bond motifs is 6. The second-order valence-corrected chi connectivity index (χ2v) is 18.8. The SMILES string of the molecule is c1ccc(-c2ccc(N(c3ccccc3)c3cccc(-c4cccc5c4oc4cc(N(c6ccc(N(c7ccccc7)c7ccccc7)cc6)c6cccc7c6sc6ccccc67)ccc45)c3)cc2)cc1. The third-order valence-electron chi connectivity index (χ3n) is 13.4. The second-order valence-electron chi connectivity index (χ2n) is 17.7. The van der Waals surface area contributed by atoms with Crippen molar-refractivity contribution in [2.75, 3.05) is 14.7 Å². The Kier molecular flexibility index (Phi) is 10.7. The largest absolute Gasteiger partial charge is 0.455 e. The number of rotatable bonds is 11. The minimum atomic E-state index is 0.829. The van der Waals surface area contributed by atoms with Crippen LogP contribution in [0.25, 0.3) is 64.4 Å². The maximum absolute atomic E-state index is 7.07. The Bertz CT molecular complexity index is 3940.